The summed E-state index contributed by atoms with van der Waals surface area (Å²) in [6.07, 6.45) is -0.332. The van der Waals surface area contributed by atoms with Crippen LogP contribution in [0.2, 0.25) is 0 Å². The van der Waals surface area contributed by atoms with Gasteiger partial charge in [-0.25, -0.2) is 8.78 Å². The van der Waals surface area contributed by atoms with E-state index in [4.69, 9.17) is 5.73 Å². The standard InChI is InChI=1S/C18H18F2N4O4/c19-18(20)6-9(21)7-23(8-18)10-1-2-11-12(5-10)17(28)24(16(11)27)13-3-4-14(25)22-15(13)26/h1-2,5,9,13H,3-4,6-8,21H2,(H,22,25,26)/t9-,13?/m1/s1. The fourth-order valence-corrected chi connectivity index (χ4v) is 3.99. The van der Waals surface area contributed by atoms with E-state index >= 15 is 0 Å². The monoisotopic (exact) mass is 392 g/mol. The molecule has 2 saturated heterocycles. The van der Waals surface area contributed by atoms with Gasteiger partial charge in [0.25, 0.3) is 17.7 Å². The number of carbonyl (C=O) groups is 4. The Hall–Kier alpha value is -2.88. The van der Waals surface area contributed by atoms with Crippen LogP contribution >= 0.6 is 0 Å². The zero-order valence-corrected chi connectivity index (χ0v) is 14.8. The molecule has 148 valence electrons. The first kappa shape index (κ1) is 18.5. The number of benzene rings is 1. The number of nitrogens with one attached hydrogen (secondary N) is 1. The Morgan fingerprint density at radius 1 is 1.11 bits per heavy atom. The van der Waals surface area contributed by atoms with E-state index in [1.807, 2.05) is 0 Å². The Kier molecular flexibility index (Phi) is 4.18. The average molecular weight is 392 g/mol. The van der Waals surface area contributed by atoms with E-state index in [0.29, 0.717) is 5.69 Å². The molecule has 0 radical (unpaired) electrons. The second-order valence-electron chi connectivity index (χ2n) is 7.38. The summed E-state index contributed by atoms with van der Waals surface area (Å²) < 4.78 is 27.7. The van der Waals surface area contributed by atoms with E-state index in [-0.39, 0.29) is 30.5 Å². The number of hydrogen-bond donors (Lipinski definition) is 2. The van der Waals surface area contributed by atoms with Crippen LogP contribution in [0.5, 0.6) is 0 Å². The van der Waals surface area contributed by atoms with Crippen LogP contribution in [-0.4, -0.2) is 59.6 Å². The maximum Gasteiger partial charge on any atom is 0.266 e. The fourth-order valence-electron chi connectivity index (χ4n) is 3.99. The minimum atomic E-state index is -2.95. The van der Waals surface area contributed by atoms with Gasteiger partial charge in [-0.3, -0.25) is 29.4 Å². The predicted octanol–water partition coefficient (Wildman–Crippen LogP) is 0.260. The van der Waals surface area contributed by atoms with Gasteiger partial charge in [0.05, 0.1) is 17.7 Å². The second-order valence-corrected chi connectivity index (χ2v) is 7.38. The van der Waals surface area contributed by atoms with Crippen LogP contribution < -0.4 is 16.0 Å². The van der Waals surface area contributed by atoms with Gasteiger partial charge < -0.3 is 10.6 Å². The smallest absolute Gasteiger partial charge is 0.266 e. The molecule has 0 aliphatic carbocycles. The van der Waals surface area contributed by atoms with Crippen molar-refractivity contribution in [1.82, 2.24) is 10.2 Å². The van der Waals surface area contributed by atoms with E-state index in [2.05, 4.69) is 5.32 Å². The number of imide groups is 2. The molecule has 0 spiro atoms. The lowest BCUT2D eigenvalue weighted by molar-refractivity contribution is -0.136. The van der Waals surface area contributed by atoms with Crippen molar-refractivity contribution in [1.29, 1.82) is 0 Å². The van der Waals surface area contributed by atoms with Gasteiger partial charge in [-0.2, -0.15) is 0 Å². The zero-order valence-electron chi connectivity index (χ0n) is 14.8. The molecule has 0 aromatic heterocycles. The predicted molar refractivity (Wildman–Crippen MR) is 92.9 cm³/mol. The summed E-state index contributed by atoms with van der Waals surface area (Å²) in [5.41, 5.74) is 6.24. The number of hydrogen-bond acceptors (Lipinski definition) is 6. The molecule has 8 nitrogen and oxygen atoms in total. The summed E-state index contributed by atoms with van der Waals surface area (Å²) in [6, 6.07) is 2.49. The highest BCUT2D eigenvalue weighted by molar-refractivity contribution is 6.23. The Morgan fingerprint density at radius 3 is 2.50 bits per heavy atom. The molecule has 3 aliphatic rings. The van der Waals surface area contributed by atoms with E-state index in [1.165, 1.54) is 23.1 Å². The number of alkyl halides is 2. The third-order valence-electron chi connectivity index (χ3n) is 5.23. The van der Waals surface area contributed by atoms with Gasteiger partial charge >= 0.3 is 0 Å². The topological polar surface area (TPSA) is 113 Å². The molecular weight excluding hydrogens is 374 g/mol. The normalized spacial score (nSPS) is 27.1. The van der Waals surface area contributed by atoms with Crippen molar-refractivity contribution >= 4 is 29.3 Å². The molecule has 1 unspecified atom stereocenters. The SMILES string of the molecule is N[C@H]1CN(c2ccc3c(c2)C(=O)N(C2CCC(=O)NC2=O)C3=O)CC(F)(F)C1. The molecule has 3 aliphatic heterocycles. The van der Waals surface area contributed by atoms with Crippen molar-refractivity contribution < 1.29 is 28.0 Å². The van der Waals surface area contributed by atoms with Crippen molar-refractivity contribution in [3.8, 4) is 0 Å². The Morgan fingerprint density at radius 2 is 1.82 bits per heavy atom. The van der Waals surface area contributed by atoms with Gasteiger partial charge in [0.2, 0.25) is 11.8 Å². The summed E-state index contributed by atoms with van der Waals surface area (Å²) in [5.74, 6) is -5.42. The Balaban J connectivity index is 1.63. The maximum absolute atomic E-state index is 13.9. The minimum Gasteiger partial charge on any atom is -0.364 e. The summed E-state index contributed by atoms with van der Waals surface area (Å²) in [7, 11) is 0. The van der Waals surface area contributed by atoms with Gasteiger partial charge in [-0.15, -0.1) is 0 Å². The number of nitrogens with zero attached hydrogens (tertiary/aromatic N) is 2. The maximum atomic E-state index is 13.9. The van der Waals surface area contributed by atoms with Gasteiger partial charge in [0, 0.05) is 31.1 Å². The molecule has 1 aromatic rings. The summed E-state index contributed by atoms with van der Waals surface area (Å²) in [6.45, 7) is -0.328. The first-order valence-electron chi connectivity index (χ1n) is 8.90. The quantitative estimate of drug-likeness (QED) is 0.699. The number of rotatable bonds is 2. The molecule has 0 saturated carbocycles. The Bertz CT molecular complexity index is 904. The number of halogens is 2. The molecule has 2 atom stereocenters. The third kappa shape index (κ3) is 3.03. The lowest BCUT2D eigenvalue weighted by Crippen LogP contribution is -2.54. The molecular formula is C18H18F2N4O4. The molecule has 1 aromatic carbocycles. The van der Waals surface area contributed by atoms with Crippen molar-refractivity contribution in [2.24, 2.45) is 5.73 Å². The number of carbonyl (C=O) groups excluding carboxylic acids is 4. The van der Waals surface area contributed by atoms with E-state index in [9.17, 15) is 28.0 Å². The number of piperidine rings is 2. The van der Waals surface area contributed by atoms with Crippen LogP contribution in [0.15, 0.2) is 18.2 Å². The van der Waals surface area contributed by atoms with E-state index in [0.717, 1.165) is 4.90 Å². The minimum absolute atomic E-state index is 0.0236. The number of nitrogens with two attached hydrogens (primary N) is 1. The first-order valence-corrected chi connectivity index (χ1v) is 8.90. The molecule has 4 rings (SSSR count). The highest BCUT2D eigenvalue weighted by atomic mass is 19.3. The Labute approximate surface area is 158 Å². The van der Waals surface area contributed by atoms with Crippen LogP contribution in [0.4, 0.5) is 14.5 Å². The lowest BCUT2D eigenvalue weighted by Gasteiger charge is -2.37. The highest BCUT2D eigenvalue weighted by Gasteiger charge is 2.45. The third-order valence-corrected chi connectivity index (χ3v) is 5.23. The molecule has 0 bridgehead atoms. The van der Waals surface area contributed by atoms with Crippen LogP contribution in [0.25, 0.3) is 0 Å². The van der Waals surface area contributed by atoms with Gasteiger partial charge in [-0.1, -0.05) is 0 Å². The van der Waals surface area contributed by atoms with Crippen molar-refractivity contribution in [3.05, 3.63) is 29.3 Å². The second kappa shape index (κ2) is 6.33. The lowest BCUT2D eigenvalue weighted by atomic mass is 10.0. The van der Waals surface area contributed by atoms with Crippen molar-refractivity contribution in [3.63, 3.8) is 0 Å². The first-order chi connectivity index (χ1) is 13.2. The molecule has 28 heavy (non-hydrogen) atoms. The molecule has 2 fully saturated rings. The van der Waals surface area contributed by atoms with Crippen LogP contribution in [0.3, 0.4) is 0 Å². The zero-order chi connectivity index (χ0) is 20.2. The average Bonchev–Trinajstić information content (AvgIpc) is 2.84. The van der Waals surface area contributed by atoms with Crippen LogP contribution in [0.1, 0.15) is 40.0 Å². The van der Waals surface area contributed by atoms with E-state index < -0.39 is 54.6 Å². The number of amides is 4. The highest BCUT2D eigenvalue weighted by Crippen LogP contribution is 2.34. The largest absolute Gasteiger partial charge is 0.364 e. The number of fused-ring (bicyclic) bond motifs is 1. The molecule has 10 heteroatoms. The summed E-state index contributed by atoms with van der Waals surface area (Å²) in [4.78, 5) is 51.1. The van der Waals surface area contributed by atoms with Gasteiger partial charge in [-0.05, 0) is 24.6 Å². The fraction of sp³-hybridized carbons (Fsp3) is 0.444. The number of anilines is 1. The van der Waals surface area contributed by atoms with Crippen LogP contribution in [-0.2, 0) is 9.59 Å². The molecule has 4 amide bonds. The van der Waals surface area contributed by atoms with Crippen molar-refractivity contribution in [2.75, 3.05) is 18.0 Å². The van der Waals surface area contributed by atoms with Crippen LogP contribution in [0, 0.1) is 0 Å². The van der Waals surface area contributed by atoms with Gasteiger partial charge in [0.1, 0.15) is 6.04 Å². The van der Waals surface area contributed by atoms with E-state index in [1.54, 1.807) is 0 Å². The molecule has 3 heterocycles. The summed E-state index contributed by atoms with van der Waals surface area (Å²) in [5, 5.41) is 2.12. The summed E-state index contributed by atoms with van der Waals surface area (Å²) >= 11 is 0. The van der Waals surface area contributed by atoms with Crippen molar-refractivity contribution in [2.45, 2.75) is 37.3 Å². The van der Waals surface area contributed by atoms with Gasteiger partial charge in [0.15, 0.2) is 0 Å². The molecule has 3 N–H and O–H groups in total.